The van der Waals surface area contributed by atoms with Crippen molar-refractivity contribution in [2.75, 3.05) is 12.8 Å². The van der Waals surface area contributed by atoms with Gasteiger partial charge >= 0.3 is 0 Å². The van der Waals surface area contributed by atoms with Gasteiger partial charge in [0.25, 0.3) is 0 Å². The van der Waals surface area contributed by atoms with Gasteiger partial charge in [-0.2, -0.15) is 0 Å². The smallest absolute Gasteiger partial charge is 0.136 e. The first-order chi connectivity index (χ1) is 7.74. The molecule has 0 atom stereocenters. The topological polar surface area (TPSA) is 68.6 Å². The van der Waals surface area contributed by atoms with Crippen LogP contribution in [-0.4, -0.2) is 12.2 Å². The number of nitrogens with two attached hydrogens (primary N) is 1. The molecule has 1 aromatic carbocycles. The molecule has 0 aliphatic heterocycles. The van der Waals surface area contributed by atoms with Crippen LogP contribution in [0.1, 0.15) is 5.76 Å². The normalized spacial score (nSPS) is 10.4. The van der Waals surface area contributed by atoms with E-state index in [1.54, 1.807) is 25.3 Å². The van der Waals surface area contributed by atoms with E-state index in [2.05, 4.69) is 0 Å². The van der Waals surface area contributed by atoms with E-state index in [9.17, 15) is 0 Å². The average molecular weight is 219 g/mol. The molecule has 0 unspecified atom stereocenters. The molecule has 0 amide bonds. The molecule has 0 spiro atoms. The summed E-state index contributed by atoms with van der Waals surface area (Å²) >= 11 is 0. The first-order valence-electron chi connectivity index (χ1n) is 4.88. The monoisotopic (exact) mass is 219 g/mol. The maximum Gasteiger partial charge on any atom is 0.136 e. The Labute approximate surface area is 93.3 Å². The summed E-state index contributed by atoms with van der Waals surface area (Å²) in [6.07, 6.45) is 0. The minimum absolute atomic E-state index is 0.115. The Balaban J connectivity index is 2.40. The Hall–Kier alpha value is -1.94. The fourth-order valence-corrected chi connectivity index (χ4v) is 1.50. The average Bonchev–Trinajstić information content (AvgIpc) is 2.77. The van der Waals surface area contributed by atoms with Gasteiger partial charge in [-0.15, -0.1) is 0 Å². The molecule has 0 bridgehead atoms. The number of nitrogen functional groups attached to an aromatic ring is 1. The highest BCUT2D eigenvalue weighted by Gasteiger charge is 2.08. The number of furan rings is 1. The number of benzene rings is 1. The van der Waals surface area contributed by atoms with Gasteiger partial charge < -0.3 is 20.0 Å². The molecule has 0 fully saturated rings. The second-order valence-electron chi connectivity index (χ2n) is 3.38. The van der Waals surface area contributed by atoms with Gasteiger partial charge in [-0.25, -0.2) is 0 Å². The fourth-order valence-electron chi connectivity index (χ4n) is 1.50. The minimum Gasteiger partial charge on any atom is -0.497 e. The van der Waals surface area contributed by atoms with Gasteiger partial charge in [-0.3, -0.25) is 0 Å². The molecule has 0 aliphatic rings. The molecular weight excluding hydrogens is 206 g/mol. The lowest BCUT2D eigenvalue weighted by Gasteiger charge is -2.05. The van der Waals surface area contributed by atoms with E-state index in [1.165, 1.54) is 0 Å². The van der Waals surface area contributed by atoms with E-state index in [-0.39, 0.29) is 6.61 Å². The van der Waals surface area contributed by atoms with Crippen LogP contribution >= 0.6 is 0 Å². The summed E-state index contributed by atoms with van der Waals surface area (Å²) in [6.45, 7) is -0.115. The summed E-state index contributed by atoms with van der Waals surface area (Å²) in [4.78, 5) is 0. The third kappa shape index (κ3) is 1.87. The lowest BCUT2D eigenvalue weighted by Crippen LogP contribution is -1.91. The van der Waals surface area contributed by atoms with Gasteiger partial charge in [0, 0.05) is 17.3 Å². The van der Waals surface area contributed by atoms with Crippen molar-refractivity contribution >= 4 is 5.69 Å². The predicted molar refractivity (Wildman–Crippen MR) is 61.0 cm³/mol. The predicted octanol–water partition coefficient (Wildman–Crippen LogP) is 2.03. The number of rotatable bonds is 3. The Bertz CT molecular complexity index is 491. The number of methoxy groups -OCH3 is 1. The Morgan fingerprint density at radius 2 is 2.12 bits per heavy atom. The van der Waals surface area contributed by atoms with E-state index in [4.69, 9.17) is 20.0 Å². The quantitative estimate of drug-likeness (QED) is 0.775. The van der Waals surface area contributed by atoms with Gasteiger partial charge in [-0.05, 0) is 24.3 Å². The minimum atomic E-state index is -0.115. The van der Waals surface area contributed by atoms with Crippen molar-refractivity contribution in [1.82, 2.24) is 0 Å². The van der Waals surface area contributed by atoms with Crippen LogP contribution in [0, 0.1) is 0 Å². The largest absolute Gasteiger partial charge is 0.497 e. The van der Waals surface area contributed by atoms with Gasteiger partial charge in [-0.1, -0.05) is 0 Å². The van der Waals surface area contributed by atoms with Crippen molar-refractivity contribution in [3.8, 4) is 17.1 Å². The summed E-state index contributed by atoms with van der Waals surface area (Å²) in [5.41, 5.74) is 7.25. The first kappa shape index (κ1) is 10.6. The lowest BCUT2D eigenvalue weighted by atomic mass is 10.1. The molecule has 1 heterocycles. The Morgan fingerprint density at radius 3 is 2.69 bits per heavy atom. The zero-order valence-corrected chi connectivity index (χ0v) is 8.93. The van der Waals surface area contributed by atoms with Crippen LogP contribution in [0.15, 0.2) is 34.7 Å². The van der Waals surface area contributed by atoms with Crippen molar-refractivity contribution in [2.45, 2.75) is 6.61 Å². The molecule has 0 saturated carbocycles. The molecule has 4 nitrogen and oxygen atoms in total. The molecule has 16 heavy (non-hydrogen) atoms. The lowest BCUT2D eigenvalue weighted by molar-refractivity contribution is 0.248. The highest BCUT2D eigenvalue weighted by Crippen LogP contribution is 2.30. The number of aliphatic hydroxyl groups excluding tert-OH is 1. The number of ether oxygens (including phenoxy) is 1. The molecule has 2 aromatic rings. The second-order valence-corrected chi connectivity index (χ2v) is 3.38. The van der Waals surface area contributed by atoms with Crippen molar-refractivity contribution in [2.24, 2.45) is 0 Å². The maximum atomic E-state index is 8.90. The van der Waals surface area contributed by atoms with Crippen LogP contribution < -0.4 is 10.5 Å². The van der Waals surface area contributed by atoms with E-state index < -0.39 is 0 Å². The fraction of sp³-hybridized carbons (Fsp3) is 0.167. The molecule has 2 rings (SSSR count). The number of hydrogen-bond donors (Lipinski definition) is 2. The van der Waals surface area contributed by atoms with Crippen LogP contribution in [0.5, 0.6) is 5.75 Å². The molecule has 0 radical (unpaired) electrons. The van der Waals surface area contributed by atoms with E-state index in [1.807, 2.05) is 12.1 Å². The summed E-state index contributed by atoms with van der Waals surface area (Å²) < 4.78 is 10.5. The van der Waals surface area contributed by atoms with Crippen molar-refractivity contribution in [3.05, 3.63) is 36.1 Å². The Kier molecular flexibility index (Phi) is 2.83. The highest BCUT2D eigenvalue weighted by atomic mass is 16.5. The number of hydrogen-bond acceptors (Lipinski definition) is 4. The number of aliphatic hydroxyl groups is 1. The summed E-state index contributed by atoms with van der Waals surface area (Å²) in [6, 6.07) is 8.88. The van der Waals surface area contributed by atoms with Gasteiger partial charge in [0.1, 0.15) is 23.9 Å². The summed E-state index contributed by atoms with van der Waals surface area (Å²) in [5, 5.41) is 8.90. The van der Waals surface area contributed by atoms with Crippen LogP contribution in [0.2, 0.25) is 0 Å². The number of anilines is 1. The van der Waals surface area contributed by atoms with Gasteiger partial charge in [0.15, 0.2) is 0 Å². The van der Waals surface area contributed by atoms with E-state index >= 15 is 0 Å². The van der Waals surface area contributed by atoms with Crippen LogP contribution in [0.25, 0.3) is 11.3 Å². The van der Waals surface area contributed by atoms with Crippen LogP contribution in [-0.2, 0) is 6.61 Å². The summed E-state index contributed by atoms with van der Waals surface area (Å²) in [7, 11) is 1.59. The zero-order valence-electron chi connectivity index (χ0n) is 8.93. The molecule has 4 heteroatoms. The van der Waals surface area contributed by atoms with Gasteiger partial charge in [0.05, 0.1) is 7.11 Å². The molecule has 3 N–H and O–H groups in total. The molecular formula is C12H13NO3. The third-order valence-electron chi connectivity index (χ3n) is 2.34. The van der Waals surface area contributed by atoms with Gasteiger partial charge in [0.2, 0.25) is 0 Å². The molecule has 0 aliphatic carbocycles. The summed E-state index contributed by atoms with van der Waals surface area (Å²) in [5.74, 6) is 1.87. The van der Waals surface area contributed by atoms with E-state index in [0.717, 1.165) is 5.56 Å². The Morgan fingerprint density at radius 1 is 1.31 bits per heavy atom. The SMILES string of the molecule is COc1ccc(-c2ccc(CO)o2)c(N)c1. The standard InChI is InChI=1S/C12H13NO3/c1-15-8-2-4-10(11(13)6-8)12-5-3-9(7-14)16-12/h2-6,14H,7,13H2,1H3. The van der Waals surface area contributed by atoms with Crippen molar-refractivity contribution < 1.29 is 14.3 Å². The maximum absolute atomic E-state index is 8.90. The molecule has 1 aromatic heterocycles. The van der Waals surface area contributed by atoms with E-state index in [0.29, 0.717) is 23.0 Å². The molecule has 0 saturated heterocycles. The van der Waals surface area contributed by atoms with Crippen LogP contribution in [0.3, 0.4) is 0 Å². The highest BCUT2D eigenvalue weighted by molar-refractivity contribution is 5.74. The van der Waals surface area contributed by atoms with Crippen LogP contribution in [0.4, 0.5) is 5.69 Å². The van der Waals surface area contributed by atoms with Crippen molar-refractivity contribution in [3.63, 3.8) is 0 Å². The van der Waals surface area contributed by atoms with Crippen molar-refractivity contribution in [1.29, 1.82) is 0 Å². The molecule has 84 valence electrons. The third-order valence-corrected chi connectivity index (χ3v) is 2.34. The zero-order chi connectivity index (χ0) is 11.5. The first-order valence-corrected chi connectivity index (χ1v) is 4.88. The second kappa shape index (κ2) is 4.28.